The Hall–Kier alpha value is -2.67. The van der Waals surface area contributed by atoms with E-state index in [1.54, 1.807) is 35.0 Å². The zero-order valence-corrected chi connectivity index (χ0v) is 13.3. The SMILES string of the molecule is CCn1nc(C)cc1C(=O)Nc1nnc(-c2cccc(Cl)c2)o1. The molecule has 0 aliphatic heterocycles. The topological polar surface area (TPSA) is 85.8 Å². The molecule has 2 heterocycles. The van der Waals surface area contributed by atoms with Crippen LogP contribution in [0.3, 0.4) is 0 Å². The van der Waals surface area contributed by atoms with Crippen LogP contribution in [-0.4, -0.2) is 25.9 Å². The number of hydrogen-bond donors (Lipinski definition) is 1. The second-order valence-electron chi connectivity index (χ2n) is 4.86. The van der Waals surface area contributed by atoms with Crippen LogP contribution in [-0.2, 0) is 6.54 Å². The molecule has 0 saturated carbocycles. The second-order valence-corrected chi connectivity index (χ2v) is 5.30. The summed E-state index contributed by atoms with van der Waals surface area (Å²) >= 11 is 5.93. The van der Waals surface area contributed by atoms with E-state index in [1.165, 1.54) is 0 Å². The van der Waals surface area contributed by atoms with Crippen LogP contribution in [0.5, 0.6) is 0 Å². The van der Waals surface area contributed by atoms with Crippen molar-refractivity contribution in [3.8, 4) is 11.5 Å². The number of rotatable bonds is 4. The van der Waals surface area contributed by atoms with Gasteiger partial charge in [-0.2, -0.15) is 5.10 Å². The zero-order chi connectivity index (χ0) is 16.4. The van der Waals surface area contributed by atoms with Crippen molar-refractivity contribution in [2.24, 2.45) is 0 Å². The molecule has 3 rings (SSSR count). The number of carbonyl (C=O) groups excluding carboxylic acids is 1. The van der Waals surface area contributed by atoms with Crippen LogP contribution in [0.1, 0.15) is 23.1 Å². The fourth-order valence-corrected chi connectivity index (χ4v) is 2.33. The predicted octanol–water partition coefficient (Wildman–Crippen LogP) is 3.17. The normalized spacial score (nSPS) is 10.7. The first kappa shape index (κ1) is 15.2. The smallest absolute Gasteiger partial charge is 0.322 e. The molecule has 2 aromatic heterocycles. The van der Waals surface area contributed by atoms with Crippen molar-refractivity contribution in [2.75, 3.05) is 5.32 Å². The average molecular weight is 332 g/mol. The number of halogens is 1. The molecule has 0 fully saturated rings. The van der Waals surface area contributed by atoms with E-state index in [-0.39, 0.29) is 17.8 Å². The van der Waals surface area contributed by atoms with Crippen LogP contribution < -0.4 is 5.32 Å². The van der Waals surface area contributed by atoms with Gasteiger partial charge in [0.05, 0.1) is 5.69 Å². The van der Waals surface area contributed by atoms with Crippen molar-refractivity contribution in [3.05, 3.63) is 46.7 Å². The molecule has 3 aromatic rings. The van der Waals surface area contributed by atoms with Gasteiger partial charge in [0.1, 0.15) is 5.69 Å². The fraction of sp³-hybridized carbons (Fsp3) is 0.200. The highest BCUT2D eigenvalue weighted by atomic mass is 35.5. The van der Waals surface area contributed by atoms with E-state index in [2.05, 4.69) is 20.6 Å². The van der Waals surface area contributed by atoms with Crippen molar-refractivity contribution >= 4 is 23.5 Å². The Bertz CT molecular complexity index is 855. The molecule has 1 aromatic carbocycles. The Labute approximate surface area is 137 Å². The third-order valence-corrected chi connectivity index (χ3v) is 3.39. The molecule has 0 radical (unpaired) electrons. The highest BCUT2D eigenvalue weighted by molar-refractivity contribution is 6.30. The van der Waals surface area contributed by atoms with E-state index in [0.29, 0.717) is 22.8 Å². The lowest BCUT2D eigenvalue weighted by Crippen LogP contribution is -2.17. The van der Waals surface area contributed by atoms with Crippen LogP contribution >= 0.6 is 11.6 Å². The third-order valence-electron chi connectivity index (χ3n) is 3.15. The maximum Gasteiger partial charge on any atom is 0.322 e. The number of amides is 1. The lowest BCUT2D eigenvalue weighted by molar-refractivity contribution is 0.101. The van der Waals surface area contributed by atoms with E-state index in [0.717, 1.165) is 5.69 Å². The van der Waals surface area contributed by atoms with Crippen molar-refractivity contribution in [1.82, 2.24) is 20.0 Å². The average Bonchev–Trinajstić information content (AvgIpc) is 3.13. The minimum absolute atomic E-state index is 0.0199. The highest BCUT2D eigenvalue weighted by Crippen LogP contribution is 2.23. The number of benzene rings is 1. The molecular weight excluding hydrogens is 318 g/mol. The van der Waals surface area contributed by atoms with Crippen LogP contribution in [0, 0.1) is 6.92 Å². The summed E-state index contributed by atoms with van der Waals surface area (Å²) in [7, 11) is 0. The maximum atomic E-state index is 12.3. The Morgan fingerprint density at radius 2 is 2.17 bits per heavy atom. The zero-order valence-electron chi connectivity index (χ0n) is 12.6. The van der Waals surface area contributed by atoms with E-state index >= 15 is 0 Å². The van der Waals surface area contributed by atoms with Crippen molar-refractivity contribution < 1.29 is 9.21 Å². The maximum absolute atomic E-state index is 12.3. The first-order valence-electron chi connectivity index (χ1n) is 7.02. The summed E-state index contributed by atoms with van der Waals surface area (Å²) in [6.45, 7) is 4.33. The van der Waals surface area contributed by atoms with Gasteiger partial charge in [-0.05, 0) is 38.1 Å². The Balaban J connectivity index is 1.80. The van der Waals surface area contributed by atoms with Crippen LogP contribution in [0.2, 0.25) is 5.02 Å². The number of aromatic nitrogens is 4. The number of nitrogens with one attached hydrogen (secondary N) is 1. The molecule has 0 aliphatic rings. The molecule has 0 aliphatic carbocycles. The first-order valence-corrected chi connectivity index (χ1v) is 7.40. The summed E-state index contributed by atoms with van der Waals surface area (Å²) in [5, 5.41) is 15.1. The van der Waals surface area contributed by atoms with Gasteiger partial charge in [0.15, 0.2) is 0 Å². The summed E-state index contributed by atoms with van der Waals surface area (Å²) in [5.74, 6) is -0.0725. The number of nitrogens with zero attached hydrogens (tertiary/aromatic N) is 4. The van der Waals surface area contributed by atoms with Gasteiger partial charge in [0.2, 0.25) is 5.89 Å². The molecule has 23 heavy (non-hydrogen) atoms. The lowest BCUT2D eigenvalue weighted by Gasteiger charge is -2.02. The van der Waals surface area contributed by atoms with Gasteiger partial charge < -0.3 is 4.42 Å². The molecule has 0 saturated heterocycles. The first-order chi connectivity index (χ1) is 11.1. The van der Waals surface area contributed by atoms with E-state index < -0.39 is 0 Å². The second kappa shape index (κ2) is 6.21. The number of aryl methyl sites for hydroxylation is 2. The molecule has 0 unspecified atom stereocenters. The van der Waals surface area contributed by atoms with Gasteiger partial charge in [0.25, 0.3) is 5.91 Å². The van der Waals surface area contributed by atoms with E-state index in [1.807, 2.05) is 13.8 Å². The predicted molar refractivity (Wildman–Crippen MR) is 85.3 cm³/mol. The molecule has 0 spiro atoms. The molecule has 7 nitrogen and oxygen atoms in total. The fourth-order valence-electron chi connectivity index (χ4n) is 2.14. The highest BCUT2D eigenvalue weighted by Gasteiger charge is 2.17. The van der Waals surface area contributed by atoms with Crippen LogP contribution in [0.25, 0.3) is 11.5 Å². The van der Waals surface area contributed by atoms with Gasteiger partial charge in [-0.1, -0.05) is 22.8 Å². The van der Waals surface area contributed by atoms with Crippen molar-refractivity contribution in [2.45, 2.75) is 20.4 Å². The standard InChI is InChI=1S/C15H14ClN5O2/c1-3-21-12(7-9(2)20-21)13(22)17-15-19-18-14(23-15)10-5-4-6-11(16)8-10/h4-8H,3H2,1-2H3,(H,17,19,22). The Kier molecular flexibility index (Phi) is 4.12. The molecule has 0 atom stereocenters. The molecule has 1 amide bonds. The summed E-state index contributed by atoms with van der Waals surface area (Å²) in [6, 6.07) is 8.75. The quantitative estimate of drug-likeness (QED) is 0.793. The Morgan fingerprint density at radius 3 is 2.91 bits per heavy atom. The van der Waals surface area contributed by atoms with Gasteiger partial charge >= 0.3 is 6.01 Å². The largest absolute Gasteiger partial charge is 0.403 e. The minimum atomic E-state index is -0.353. The summed E-state index contributed by atoms with van der Waals surface area (Å²) in [4.78, 5) is 12.3. The lowest BCUT2D eigenvalue weighted by atomic mass is 10.2. The van der Waals surface area contributed by atoms with Crippen molar-refractivity contribution in [1.29, 1.82) is 0 Å². The van der Waals surface area contributed by atoms with Gasteiger partial charge in [-0.3, -0.25) is 14.8 Å². The summed E-state index contributed by atoms with van der Waals surface area (Å²) in [6.07, 6.45) is 0. The number of anilines is 1. The summed E-state index contributed by atoms with van der Waals surface area (Å²) in [5.41, 5.74) is 1.88. The number of hydrogen-bond acceptors (Lipinski definition) is 5. The monoisotopic (exact) mass is 331 g/mol. The van der Waals surface area contributed by atoms with Gasteiger partial charge in [-0.25, -0.2) is 0 Å². The van der Waals surface area contributed by atoms with Gasteiger partial charge in [0, 0.05) is 17.1 Å². The van der Waals surface area contributed by atoms with Crippen molar-refractivity contribution in [3.63, 3.8) is 0 Å². The molecule has 1 N–H and O–H groups in total. The molecular formula is C15H14ClN5O2. The third kappa shape index (κ3) is 3.24. The minimum Gasteiger partial charge on any atom is -0.403 e. The molecule has 8 heteroatoms. The van der Waals surface area contributed by atoms with E-state index in [9.17, 15) is 4.79 Å². The van der Waals surface area contributed by atoms with Crippen LogP contribution in [0.4, 0.5) is 6.01 Å². The number of carbonyl (C=O) groups is 1. The Morgan fingerprint density at radius 1 is 1.35 bits per heavy atom. The van der Waals surface area contributed by atoms with E-state index in [4.69, 9.17) is 16.0 Å². The molecule has 118 valence electrons. The molecule has 0 bridgehead atoms. The summed E-state index contributed by atoms with van der Waals surface area (Å²) < 4.78 is 7.06. The van der Waals surface area contributed by atoms with Crippen LogP contribution in [0.15, 0.2) is 34.7 Å². The van der Waals surface area contributed by atoms with Gasteiger partial charge in [-0.15, -0.1) is 5.10 Å².